The Morgan fingerprint density at radius 3 is 2.42 bits per heavy atom. The molecule has 134 valence electrons. The van der Waals surface area contributed by atoms with Crippen LogP contribution in [-0.2, 0) is 9.59 Å². The van der Waals surface area contributed by atoms with Gasteiger partial charge in [0.25, 0.3) is 0 Å². The standard InChI is InChI=1S/C20H20ClN3O2/c21-18-14-17(22-15-25)7-8-19(18)23-10-12-24(13-11-23)20(26)9-6-16-4-2-1-3-5-16/h1-9,14-15H,10-13H2,(H,22,25). The maximum atomic E-state index is 12.4. The van der Waals surface area contributed by atoms with Crippen LogP contribution in [-0.4, -0.2) is 43.4 Å². The Labute approximate surface area is 157 Å². The average molecular weight is 370 g/mol. The highest BCUT2D eigenvalue weighted by Crippen LogP contribution is 2.29. The third kappa shape index (κ3) is 4.43. The fraction of sp³-hybridized carbons (Fsp3) is 0.200. The molecule has 1 aliphatic rings. The molecule has 0 unspecified atom stereocenters. The van der Waals surface area contributed by atoms with Crippen LogP contribution in [0.2, 0.25) is 5.02 Å². The Bertz CT molecular complexity index is 800. The van der Waals surface area contributed by atoms with Gasteiger partial charge in [-0.25, -0.2) is 0 Å². The van der Waals surface area contributed by atoms with Crippen LogP contribution in [0.3, 0.4) is 0 Å². The van der Waals surface area contributed by atoms with Crippen LogP contribution < -0.4 is 10.2 Å². The zero-order valence-electron chi connectivity index (χ0n) is 14.3. The molecule has 3 rings (SSSR count). The van der Waals surface area contributed by atoms with Crippen LogP contribution in [0.5, 0.6) is 0 Å². The number of nitrogens with zero attached hydrogens (tertiary/aromatic N) is 2. The smallest absolute Gasteiger partial charge is 0.246 e. The highest BCUT2D eigenvalue weighted by atomic mass is 35.5. The van der Waals surface area contributed by atoms with Crippen LogP contribution in [0.4, 0.5) is 11.4 Å². The van der Waals surface area contributed by atoms with E-state index in [2.05, 4.69) is 10.2 Å². The second-order valence-electron chi connectivity index (χ2n) is 5.98. The van der Waals surface area contributed by atoms with Gasteiger partial charge in [-0.05, 0) is 29.8 Å². The van der Waals surface area contributed by atoms with Gasteiger partial charge in [-0.2, -0.15) is 0 Å². The van der Waals surface area contributed by atoms with Crippen molar-refractivity contribution >= 4 is 41.4 Å². The van der Waals surface area contributed by atoms with Crippen molar-refractivity contribution in [3.8, 4) is 0 Å². The number of benzene rings is 2. The van der Waals surface area contributed by atoms with Gasteiger partial charge in [-0.15, -0.1) is 0 Å². The molecule has 26 heavy (non-hydrogen) atoms. The first-order valence-electron chi connectivity index (χ1n) is 8.44. The average Bonchev–Trinajstić information content (AvgIpc) is 2.67. The van der Waals surface area contributed by atoms with Crippen LogP contribution >= 0.6 is 11.6 Å². The van der Waals surface area contributed by atoms with Crippen LogP contribution in [0.15, 0.2) is 54.6 Å². The second kappa shape index (κ2) is 8.54. The molecule has 1 aliphatic heterocycles. The summed E-state index contributed by atoms with van der Waals surface area (Å²) < 4.78 is 0. The Hall–Kier alpha value is -2.79. The molecular weight excluding hydrogens is 350 g/mol. The van der Waals surface area contributed by atoms with Crippen LogP contribution in [0.1, 0.15) is 5.56 Å². The topological polar surface area (TPSA) is 52.7 Å². The highest BCUT2D eigenvalue weighted by Gasteiger charge is 2.21. The normalized spacial score (nSPS) is 14.5. The fourth-order valence-electron chi connectivity index (χ4n) is 2.93. The predicted molar refractivity (Wildman–Crippen MR) is 105 cm³/mol. The minimum absolute atomic E-state index is 0.0186. The third-order valence-corrected chi connectivity index (χ3v) is 4.63. The number of amides is 2. The maximum Gasteiger partial charge on any atom is 0.246 e. The quantitative estimate of drug-likeness (QED) is 0.650. The lowest BCUT2D eigenvalue weighted by Crippen LogP contribution is -2.48. The molecule has 0 bridgehead atoms. The van der Waals surface area contributed by atoms with E-state index < -0.39 is 0 Å². The Balaban J connectivity index is 1.58. The van der Waals surface area contributed by atoms with Crippen molar-refractivity contribution in [2.75, 3.05) is 36.4 Å². The first-order valence-corrected chi connectivity index (χ1v) is 8.82. The van der Waals surface area contributed by atoms with Gasteiger partial charge < -0.3 is 15.1 Å². The summed E-state index contributed by atoms with van der Waals surface area (Å²) in [4.78, 5) is 26.8. The SMILES string of the molecule is O=CNc1ccc(N2CCN(C(=O)C=Cc3ccccc3)CC2)c(Cl)c1. The van der Waals surface area contributed by atoms with Gasteiger partial charge in [0.05, 0.1) is 10.7 Å². The van der Waals surface area contributed by atoms with E-state index >= 15 is 0 Å². The highest BCUT2D eigenvalue weighted by molar-refractivity contribution is 6.33. The van der Waals surface area contributed by atoms with E-state index in [1.165, 1.54) is 0 Å². The predicted octanol–water partition coefficient (Wildman–Crippen LogP) is 3.27. The molecule has 2 aromatic carbocycles. The van der Waals surface area contributed by atoms with E-state index in [0.717, 1.165) is 11.3 Å². The van der Waals surface area contributed by atoms with Crippen molar-refractivity contribution in [1.29, 1.82) is 0 Å². The van der Waals surface area contributed by atoms with Crippen LogP contribution in [0.25, 0.3) is 6.08 Å². The number of hydrogen-bond acceptors (Lipinski definition) is 3. The van der Waals surface area contributed by atoms with Gasteiger partial charge in [0, 0.05) is 37.9 Å². The molecular formula is C20H20ClN3O2. The van der Waals surface area contributed by atoms with Crippen molar-refractivity contribution in [3.05, 3.63) is 65.2 Å². The zero-order valence-corrected chi connectivity index (χ0v) is 15.0. The molecule has 2 aromatic rings. The number of anilines is 2. The number of carbonyl (C=O) groups is 2. The van der Waals surface area contributed by atoms with Gasteiger partial charge in [-0.3, -0.25) is 9.59 Å². The Kier molecular flexibility index (Phi) is 5.92. The van der Waals surface area contributed by atoms with Crippen molar-refractivity contribution in [2.24, 2.45) is 0 Å². The molecule has 1 heterocycles. The summed E-state index contributed by atoms with van der Waals surface area (Å²) in [5, 5.41) is 3.17. The van der Waals surface area contributed by atoms with Crippen molar-refractivity contribution in [1.82, 2.24) is 4.90 Å². The van der Waals surface area contributed by atoms with E-state index in [-0.39, 0.29) is 5.91 Å². The molecule has 6 heteroatoms. The van der Waals surface area contributed by atoms with Crippen molar-refractivity contribution in [3.63, 3.8) is 0 Å². The molecule has 0 spiro atoms. The van der Waals surface area contributed by atoms with Gasteiger partial charge in [0.15, 0.2) is 0 Å². The maximum absolute atomic E-state index is 12.4. The molecule has 0 radical (unpaired) electrons. The summed E-state index contributed by atoms with van der Waals surface area (Å²) in [6.07, 6.45) is 4.08. The number of halogens is 1. The first-order chi connectivity index (χ1) is 12.7. The number of nitrogens with one attached hydrogen (secondary N) is 1. The number of hydrogen-bond donors (Lipinski definition) is 1. The van der Waals surface area contributed by atoms with Gasteiger partial charge in [0.1, 0.15) is 0 Å². The Morgan fingerprint density at radius 1 is 1.04 bits per heavy atom. The van der Waals surface area contributed by atoms with Gasteiger partial charge in [0.2, 0.25) is 12.3 Å². The van der Waals surface area contributed by atoms with E-state index in [0.29, 0.717) is 43.3 Å². The summed E-state index contributed by atoms with van der Waals surface area (Å²) in [6.45, 7) is 2.71. The van der Waals surface area contributed by atoms with E-state index in [1.807, 2.05) is 53.4 Å². The zero-order chi connectivity index (χ0) is 18.4. The Morgan fingerprint density at radius 2 is 1.77 bits per heavy atom. The minimum atomic E-state index is 0.0186. The molecule has 1 N–H and O–H groups in total. The molecule has 0 atom stereocenters. The summed E-state index contributed by atoms with van der Waals surface area (Å²) in [7, 11) is 0. The van der Waals surface area contributed by atoms with Crippen LogP contribution in [0, 0.1) is 0 Å². The third-order valence-electron chi connectivity index (χ3n) is 4.32. The molecule has 2 amide bonds. The van der Waals surface area contributed by atoms with E-state index in [4.69, 9.17) is 11.6 Å². The minimum Gasteiger partial charge on any atom is -0.367 e. The molecule has 0 aromatic heterocycles. The van der Waals surface area contributed by atoms with Crippen molar-refractivity contribution < 1.29 is 9.59 Å². The van der Waals surface area contributed by atoms with Gasteiger partial charge in [-0.1, -0.05) is 41.9 Å². The summed E-state index contributed by atoms with van der Waals surface area (Å²) in [5.41, 5.74) is 2.58. The fourth-order valence-corrected chi connectivity index (χ4v) is 3.23. The number of carbonyl (C=O) groups excluding carboxylic acids is 2. The number of piperazine rings is 1. The number of rotatable bonds is 5. The molecule has 1 fully saturated rings. The molecule has 5 nitrogen and oxygen atoms in total. The van der Waals surface area contributed by atoms with Gasteiger partial charge >= 0.3 is 0 Å². The summed E-state index contributed by atoms with van der Waals surface area (Å²) >= 11 is 6.33. The monoisotopic (exact) mass is 369 g/mol. The lowest BCUT2D eigenvalue weighted by Gasteiger charge is -2.36. The van der Waals surface area contributed by atoms with Crippen molar-refractivity contribution in [2.45, 2.75) is 0 Å². The second-order valence-corrected chi connectivity index (χ2v) is 6.39. The summed E-state index contributed by atoms with van der Waals surface area (Å²) in [6, 6.07) is 15.2. The first kappa shape index (κ1) is 18.0. The largest absolute Gasteiger partial charge is 0.367 e. The summed E-state index contributed by atoms with van der Waals surface area (Å²) in [5.74, 6) is 0.0186. The molecule has 0 aliphatic carbocycles. The van der Waals surface area contributed by atoms with E-state index in [1.54, 1.807) is 12.1 Å². The van der Waals surface area contributed by atoms with E-state index in [9.17, 15) is 9.59 Å². The molecule has 0 saturated carbocycles. The lowest BCUT2D eigenvalue weighted by atomic mass is 10.2. The molecule has 1 saturated heterocycles. The lowest BCUT2D eigenvalue weighted by molar-refractivity contribution is -0.126.